The van der Waals surface area contributed by atoms with Gasteiger partial charge >= 0.3 is 0 Å². The number of benzene rings is 2. The summed E-state index contributed by atoms with van der Waals surface area (Å²) in [5, 5.41) is 9.73. The van der Waals surface area contributed by atoms with Crippen molar-refractivity contribution in [2.24, 2.45) is 0 Å². The minimum absolute atomic E-state index is 0.124. The van der Waals surface area contributed by atoms with E-state index in [1.54, 1.807) is 12.1 Å². The van der Waals surface area contributed by atoms with Crippen LogP contribution < -0.4 is 16.0 Å². The molecular formula is C24H27N5O. The van der Waals surface area contributed by atoms with E-state index in [1.165, 1.54) is 32.1 Å². The number of hydrogen-bond donors (Lipinski definition) is 3. The number of nitrogens with one attached hydrogen (secondary N) is 3. The van der Waals surface area contributed by atoms with Crippen LogP contribution in [-0.4, -0.2) is 21.9 Å². The fourth-order valence-electron chi connectivity index (χ4n) is 3.70. The Balaban J connectivity index is 1.39. The number of carbonyl (C=O) groups is 1. The Morgan fingerprint density at radius 1 is 0.900 bits per heavy atom. The van der Waals surface area contributed by atoms with Gasteiger partial charge in [-0.25, -0.2) is 4.98 Å². The number of carbonyl (C=O) groups excluding carboxylic acids is 1. The van der Waals surface area contributed by atoms with Gasteiger partial charge in [0.25, 0.3) is 5.91 Å². The molecule has 1 aliphatic rings. The molecule has 30 heavy (non-hydrogen) atoms. The highest BCUT2D eigenvalue weighted by Crippen LogP contribution is 2.23. The van der Waals surface area contributed by atoms with Crippen LogP contribution in [0.1, 0.15) is 48.2 Å². The van der Waals surface area contributed by atoms with Gasteiger partial charge in [0.2, 0.25) is 5.95 Å². The van der Waals surface area contributed by atoms with Gasteiger partial charge in [0, 0.05) is 34.7 Å². The van der Waals surface area contributed by atoms with Crippen molar-refractivity contribution in [2.75, 3.05) is 16.0 Å². The summed E-state index contributed by atoms with van der Waals surface area (Å²) in [6.07, 6.45) is 6.21. The monoisotopic (exact) mass is 401 g/mol. The summed E-state index contributed by atoms with van der Waals surface area (Å²) in [7, 11) is 0. The number of aromatic nitrogens is 2. The summed E-state index contributed by atoms with van der Waals surface area (Å²) < 4.78 is 0. The van der Waals surface area contributed by atoms with Crippen molar-refractivity contribution in [3.63, 3.8) is 0 Å². The van der Waals surface area contributed by atoms with E-state index in [2.05, 4.69) is 25.9 Å². The number of nitrogens with zero attached hydrogens (tertiary/aromatic N) is 2. The third-order valence-corrected chi connectivity index (χ3v) is 5.24. The number of amides is 1. The fraction of sp³-hybridized carbons (Fsp3) is 0.292. The minimum Gasteiger partial charge on any atom is -0.351 e. The molecule has 6 heteroatoms. The normalized spacial score (nSPS) is 14.2. The summed E-state index contributed by atoms with van der Waals surface area (Å²) in [4.78, 5) is 21.4. The molecule has 1 aliphatic carbocycles. The highest BCUT2D eigenvalue weighted by Gasteiger charge is 2.14. The lowest BCUT2D eigenvalue weighted by molar-refractivity contribution is 0.102. The first-order valence-electron chi connectivity index (χ1n) is 10.5. The highest BCUT2D eigenvalue weighted by molar-refractivity contribution is 6.04. The van der Waals surface area contributed by atoms with Gasteiger partial charge in [0.1, 0.15) is 5.82 Å². The Kier molecular flexibility index (Phi) is 6.23. The second kappa shape index (κ2) is 9.39. The molecule has 0 saturated heterocycles. The van der Waals surface area contributed by atoms with E-state index in [0.29, 0.717) is 17.6 Å². The van der Waals surface area contributed by atoms with Crippen molar-refractivity contribution < 1.29 is 4.79 Å². The molecule has 0 radical (unpaired) electrons. The molecule has 2 aromatic carbocycles. The first-order chi connectivity index (χ1) is 14.7. The lowest BCUT2D eigenvalue weighted by atomic mass is 9.96. The average molecular weight is 402 g/mol. The molecule has 0 unspecified atom stereocenters. The smallest absolute Gasteiger partial charge is 0.255 e. The molecule has 3 aromatic rings. The lowest BCUT2D eigenvalue weighted by Gasteiger charge is -2.23. The minimum atomic E-state index is -0.124. The molecule has 1 saturated carbocycles. The maximum atomic E-state index is 12.3. The van der Waals surface area contributed by atoms with Gasteiger partial charge in [-0.15, -0.1) is 0 Å². The van der Waals surface area contributed by atoms with Crippen LogP contribution in [0.4, 0.5) is 23.1 Å². The molecule has 1 fully saturated rings. The van der Waals surface area contributed by atoms with E-state index in [0.717, 1.165) is 22.9 Å². The van der Waals surface area contributed by atoms with E-state index in [9.17, 15) is 4.79 Å². The van der Waals surface area contributed by atoms with Crippen LogP contribution in [0.25, 0.3) is 0 Å². The lowest BCUT2D eigenvalue weighted by Crippen LogP contribution is -2.23. The molecule has 3 N–H and O–H groups in total. The third-order valence-electron chi connectivity index (χ3n) is 5.24. The van der Waals surface area contributed by atoms with E-state index in [1.807, 2.05) is 55.5 Å². The van der Waals surface area contributed by atoms with Crippen molar-refractivity contribution in [1.82, 2.24) is 9.97 Å². The second-order valence-electron chi connectivity index (χ2n) is 7.72. The maximum Gasteiger partial charge on any atom is 0.255 e. The van der Waals surface area contributed by atoms with Gasteiger partial charge in [-0.2, -0.15) is 4.98 Å². The van der Waals surface area contributed by atoms with Crippen LogP contribution in [0.2, 0.25) is 0 Å². The van der Waals surface area contributed by atoms with Crippen LogP contribution in [0.3, 0.4) is 0 Å². The largest absolute Gasteiger partial charge is 0.351 e. The van der Waals surface area contributed by atoms with Crippen LogP contribution in [-0.2, 0) is 0 Å². The highest BCUT2D eigenvalue weighted by atomic mass is 16.1. The molecule has 0 atom stereocenters. The SMILES string of the molecule is Cc1cc(Nc2ccc(NC(=O)c3ccccc3)cc2)nc(NC2CCCCC2)n1. The topological polar surface area (TPSA) is 78.9 Å². The molecule has 1 aromatic heterocycles. The second-order valence-corrected chi connectivity index (χ2v) is 7.72. The summed E-state index contributed by atoms with van der Waals surface area (Å²) >= 11 is 0. The summed E-state index contributed by atoms with van der Waals surface area (Å²) in [5.74, 6) is 1.30. The molecule has 1 heterocycles. The van der Waals surface area contributed by atoms with Gasteiger partial charge in [0.15, 0.2) is 0 Å². The maximum absolute atomic E-state index is 12.3. The Labute approximate surface area is 177 Å². The molecule has 0 bridgehead atoms. The number of rotatable bonds is 6. The van der Waals surface area contributed by atoms with Gasteiger partial charge in [-0.3, -0.25) is 4.79 Å². The molecule has 0 spiro atoms. The van der Waals surface area contributed by atoms with Crippen molar-refractivity contribution in [1.29, 1.82) is 0 Å². The molecule has 6 nitrogen and oxygen atoms in total. The summed E-state index contributed by atoms with van der Waals surface area (Å²) in [6, 6.07) is 19.2. The van der Waals surface area contributed by atoms with Crippen molar-refractivity contribution in [3.05, 3.63) is 71.9 Å². The Hall–Kier alpha value is -3.41. The van der Waals surface area contributed by atoms with E-state index < -0.39 is 0 Å². The quantitative estimate of drug-likeness (QED) is 0.506. The number of aryl methyl sites for hydroxylation is 1. The van der Waals surface area contributed by atoms with Crippen molar-refractivity contribution in [2.45, 2.75) is 45.1 Å². The van der Waals surface area contributed by atoms with Crippen LogP contribution in [0, 0.1) is 6.92 Å². The molecule has 4 rings (SSSR count). The average Bonchev–Trinajstić information content (AvgIpc) is 2.76. The predicted octanol–water partition coefficient (Wildman–Crippen LogP) is 5.53. The van der Waals surface area contributed by atoms with Gasteiger partial charge in [-0.1, -0.05) is 37.5 Å². The first-order valence-corrected chi connectivity index (χ1v) is 10.5. The fourth-order valence-corrected chi connectivity index (χ4v) is 3.70. The van der Waals surface area contributed by atoms with Crippen LogP contribution in [0.5, 0.6) is 0 Å². The molecular weight excluding hydrogens is 374 g/mol. The Morgan fingerprint density at radius 3 is 2.33 bits per heavy atom. The molecule has 0 aliphatic heterocycles. The number of anilines is 4. The summed E-state index contributed by atoms with van der Waals surface area (Å²) in [5.41, 5.74) is 3.19. The van der Waals surface area contributed by atoms with Gasteiger partial charge < -0.3 is 16.0 Å². The first kappa shape index (κ1) is 19.9. The van der Waals surface area contributed by atoms with Crippen molar-refractivity contribution >= 4 is 29.0 Å². The van der Waals surface area contributed by atoms with Gasteiger partial charge in [-0.05, 0) is 56.2 Å². The van der Waals surface area contributed by atoms with E-state index in [4.69, 9.17) is 0 Å². The standard InChI is InChI=1S/C24H27N5O/c1-17-16-22(29-24(25-17)28-19-10-6-3-7-11-19)26-20-12-14-21(15-13-20)27-23(30)18-8-4-2-5-9-18/h2,4-5,8-9,12-16,19H,3,6-7,10-11H2,1H3,(H,27,30)(H2,25,26,28,29). The Bertz CT molecular complexity index is 982. The van der Waals surface area contributed by atoms with Crippen molar-refractivity contribution in [3.8, 4) is 0 Å². The zero-order chi connectivity index (χ0) is 20.8. The number of hydrogen-bond acceptors (Lipinski definition) is 5. The zero-order valence-electron chi connectivity index (χ0n) is 17.2. The van der Waals surface area contributed by atoms with E-state index >= 15 is 0 Å². The van der Waals surface area contributed by atoms with Crippen LogP contribution in [0.15, 0.2) is 60.7 Å². The Morgan fingerprint density at radius 2 is 1.60 bits per heavy atom. The third kappa shape index (κ3) is 5.35. The van der Waals surface area contributed by atoms with E-state index in [-0.39, 0.29) is 5.91 Å². The molecule has 154 valence electrons. The van der Waals surface area contributed by atoms with Crippen LogP contribution >= 0.6 is 0 Å². The predicted molar refractivity (Wildman–Crippen MR) is 121 cm³/mol. The van der Waals surface area contributed by atoms with Gasteiger partial charge in [0.05, 0.1) is 0 Å². The zero-order valence-corrected chi connectivity index (χ0v) is 17.2. The summed E-state index contributed by atoms with van der Waals surface area (Å²) in [6.45, 7) is 1.97. The molecule has 1 amide bonds.